The number of carbonyl (C=O) groups is 1. The van der Waals surface area contributed by atoms with E-state index in [2.05, 4.69) is 31.2 Å². The predicted octanol–water partition coefficient (Wildman–Crippen LogP) is 6.24. The van der Waals surface area contributed by atoms with Crippen molar-refractivity contribution in [3.05, 3.63) is 70.4 Å². The van der Waals surface area contributed by atoms with Crippen LogP contribution in [0.15, 0.2) is 52.3 Å². The molecular weight excluding hydrogens is 380 g/mol. The van der Waals surface area contributed by atoms with Gasteiger partial charge >= 0.3 is 5.97 Å². The molecule has 29 heavy (non-hydrogen) atoms. The van der Waals surface area contributed by atoms with E-state index in [0.717, 1.165) is 26.6 Å². The monoisotopic (exact) mass is 408 g/mol. The smallest absolute Gasteiger partial charge is 0.344 e. The van der Waals surface area contributed by atoms with Crippen LogP contribution in [0.5, 0.6) is 5.88 Å². The molecule has 3 aromatic rings. The van der Waals surface area contributed by atoms with Crippen molar-refractivity contribution >= 4 is 17.7 Å². The molecule has 4 nitrogen and oxygen atoms in total. The van der Waals surface area contributed by atoms with Gasteiger partial charge in [0.15, 0.2) is 0 Å². The summed E-state index contributed by atoms with van der Waals surface area (Å²) in [6.45, 7) is 14.2. The molecule has 1 heterocycles. The first-order chi connectivity index (χ1) is 13.6. The summed E-state index contributed by atoms with van der Waals surface area (Å²) in [5.41, 5.74) is 4.47. The van der Waals surface area contributed by atoms with Gasteiger partial charge in [-0.3, -0.25) is 0 Å². The zero-order chi connectivity index (χ0) is 21.3. The third-order valence-corrected chi connectivity index (χ3v) is 5.96. The van der Waals surface area contributed by atoms with Crippen LogP contribution in [0.1, 0.15) is 53.5 Å². The fraction of sp³-hybridized carbons (Fsp3) is 0.333. The molecule has 0 amide bonds. The largest absolute Gasteiger partial charge is 0.403 e. The van der Waals surface area contributed by atoms with Crippen LogP contribution < -0.4 is 4.74 Å². The Morgan fingerprint density at radius 3 is 2.21 bits per heavy atom. The minimum atomic E-state index is -0.371. The summed E-state index contributed by atoms with van der Waals surface area (Å²) < 4.78 is 7.74. The van der Waals surface area contributed by atoms with E-state index in [1.54, 1.807) is 16.4 Å². The molecule has 5 heteroatoms. The Balaban J connectivity index is 2.01. The van der Waals surface area contributed by atoms with Crippen molar-refractivity contribution in [1.29, 1.82) is 0 Å². The number of benzene rings is 2. The van der Waals surface area contributed by atoms with Crippen LogP contribution in [0, 0.1) is 27.7 Å². The van der Waals surface area contributed by atoms with E-state index >= 15 is 0 Å². The Kier molecular flexibility index (Phi) is 5.90. The van der Waals surface area contributed by atoms with Gasteiger partial charge < -0.3 is 4.74 Å². The molecule has 0 saturated heterocycles. The van der Waals surface area contributed by atoms with Gasteiger partial charge in [-0.1, -0.05) is 35.5 Å². The molecule has 3 rings (SSSR count). The number of carbonyl (C=O) groups excluding carboxylic acids is 1. The molecule has 0 N–H and O–H groups in total. The lowest BCUT2D eigenvalue weighted by molar-refractivity contribution is 0.0704. The standard InChI is InChI=1S/C24H28N2O2S/c1-15-8-12-20(13-9-15)29-21-18(4)25-26(24(5,6)7)22(21)28-23(27)19-11-10-16(2)17(3)14-19/h8-14H,1-7H3. The maximum absolute atomic E-state index is 12.9. The van der Waals surface area contributed by atoms with E-state index < -0.39 is 0 Å². The van der Waals surface area contributed by atoms with Crippen molar-refractivity contribution in [2.45, 2.75) is 63.8 Å². The number of hydrogen-bond acceptors (Lipinski definition) is 4. The summed E-state index contributed by atoms with van der Waals surface area (Å²) in [6.07, 6.45) is 0. The van der Waals surface area contributed by atoms with E-state index in [9.17, 15) is 4.79 Å². The molecule has 1 aromatic heterocycles. The second-order valence-electron chi connectivity index (χ2n) is 8.41. The Morgan fingerprint density at radius 1 is 0.966 bits per heavy atom. The molecule has 0 radical (unpaired) electrons. The van der Waals surface area contributed by atoms with Gasteiger partial charge in [-0.05, 0) is 83.9 Å². The lowest BCUT2D eigenvalue weighted by Crippen LogP contribution is -2.25. The number of nitrogens with zero attached hydrogens (tertiary/aromatic N) is 2. The summed E-state index contributed by atoms with van der Waals surface area (Å²) in [5, 5.41) is 4.69. The average Bonchev–Trinajstić information content (AvgIpc) is 2.95. The van der Waals surface area contributed by atoms with Crippen LogP contribution in [0.3, 0.4) is 0 Å². The SMILES string of the molecule is Cc1ccc(Sc2c(C)nn(C(C)(C)C)c2OC(=O)c2ccc(C)c(C)c2)cc1. The zero-order valence-electron chi connectivity index (χ0n) is 18.2. The maximum Gasteiger partial charge on any atom is 0.344 e. The number of rotatable bonds is 4. The molecule has 0 bridgehead atoms. The van der Waals surface area contributed by atoms with Gasteiger partial charge in [0, 0.05) is 4.90 Å². The van der Waals surface area contributed by atoms with E-state index in [1.807, 2.05) is 59.7 Å². The topological polar surface area (TPSA) is 44.1 Å². The summed E-state index contributed by atoms with van der Waals surface area (Å²) in [6, 6.07) is 13.9. The van der Waals surface area contributed by atoms with Crippen LogP contribution in [-0.4, -0.2) is 15.7 Å². The molecule has 0 aliphatic rings. The highest BCUT2D eigenvalue weighted by atomic mass is 32.2. The van der Waals surface area contributed by atoms with Gasteiger partial charge in [0.25, 0.3) is 0 Å². The van der Waals surface area contributed by atoms with E-state index in [1.165, 1.54) is 5.56 Å². The highest BCUT2D eigenvalue weighted by Crippen LogP contribution is 2.40. The first-order valence-corrected chi connectivity index (χ1v) is 10.5. The molecule has 0 fully saturated rings. The normalized spacial score (nSPS) is 11.6. The highest BCUT2D eigenvalue weighted by Gasteiger charge is 2.27. The Hall–Kier alpha value is -2.53. The van der Waals surface area contributed by atoms with Crippen LogP contribution in [0.25, 0.3) is 0 Å². The summed E-state index contributed by atoms with van der Waals surface area (Å²) in [5.74, 6) is 0.119. The van der Waals surface area contributed by atoms with Crippen molar-refractivity contribution in [3.8, 4) is 5.88 Å². The van der Waals surface area contributed by atoms with E-state index in [0.29, 0.717) is 11.4 Å². The number of hydrogen-bond donors (Lipinski definition) is 0. The Bertz CT molecular complexity index is 1040. The maximum atomic E-state index is 12.9. The van der Waals surface area contributed by atoms with Crippen molar-refractivity contribution in [2.75, 3.05) is 0 Å². The van der Waals surface area contributed by atoms with Gasteiger partial charge in [0.1, 0.15) is 0 Å². The molecule has 152 valence electrons. The van der Waals surface area contributed by atoms with Crippen molar-refractivity contribution in [3.63, 3.8) is 0 Å². The van der Waals surface area contributed by atoms with Crippen LogP contribution in [0.2, 0.25) is 0 Å². The third-order valence-electron chi connectivity index (χ3n) is 4.77. The summed E-state index contributed by atoms with van der Waals surface area (Å²) in [4.78, 5) is 14.9. The van der Waals surface area contributed by atoms with Gasteiger partial charge in [-0.25, -0.2) is 9.48 Å². The second-order valence-corrected chi connectivity index (χ2v) is 9.49. The molecule has 0 spiro atoms. The van der Waals surface area contributed by atoms with Crippen LogP contribution >= 0.6 is 11.8 Å². The second kappa shape index (κ2) is 8.07. The van der Waals surface area contributed by atoms with Crippen LogP contribution in [0.4, 0.5) is 0 Å². The lowest BCUT2D eigenvalue weighted by Gasteiger charge is -2.22. The van der Waals surface area contributed by atoms with Crippen molar-refractivity contribution in [2.24, 2.45) is 0 Å². The van der Waals surface area contributed by atoms with Crippen molar-refractivity contribution in [1.82, 2.24) is 9.78 Å². The van der Waals surface area contributed by atoms with Gasteiger partial charge in [0.2, 0.25) is 5.88 Å². The predicted molar refractivity (Wildman–Crippen MR) is 118 cm³/mol. The third kappa shape index (κ3) is 4.73. The molecule has 0 aliphatic carbocycles. The zero-order valence-corrected chi connectivity index (χ0v) is 19.0. The fourth-order valence-corrected chi connectivity index (χ4v) is 3.80. The molecule has 0 aliphatic heterocycles. The Labute approximate surface area is 177 Å². The number of aromatic nitrogens is 2. The van der Waals surface area contributed by atoms with E-state index in [-0.39, 0.29) is 11.5 Å². The molecule has 0 atom stereocenters. The number of esters is 1. The number of aryl methyl sites for hydroxylation is 4. The minimum absolute atomic E-state index is 0.324. The number of ether oxygens (including phenoxy) is 1. The van der Waals surface area contributed by atoms with E-state index in [4.69, 9.17) is 9.84 Å². The molecule has 0 unspecified atom stereocenters. The summed E-state index contributed by atoms with van der Waals surface area (Å²) >= 11 is 1.57. The first kappa shape index (κ1) is 21.2. The van der Waals surface area contributed by atoms with Gasteiger partial charge in [0.05, 0.1) is 21.7 Å². The van der Waals surface area contributed by atoms with Gasteiger partial charge in [-0.15, -0.1) is 0 Å². The first-order valence-electron chi connectivity index (χ1n) is 9.70. The fourth-order valence-electron chi connectivity index (χ4n) is 2.89. The van der Waals surface area contributed by atoms with Crippen LogP contribution in [-0.2, 0) is 5.54 Å². The average molecular weight is 409 g/mol. The quantitative estimate of drug-likeness (QED) is 0.479. The molecule has 0 saturated carbocycles. The molecular formula is C24H28N2O2S. The summed E-state index contributed by atoms with van der Waals surface area (Å²) in [7, 11) is 0. The van der Waals surface area contributed by atoms with Gasteiger partial charge in [-0.2, -0.15) is 5.10 Å². The van der Waals surface area contributed by atoms with Crippen molar-refractivity contribution < 1.29 is 9.53 Å². The lowest BCUT2D eigenvalue weighted by atomic mass is 10.1. The minimum Gasteiger partial charge on any atom is -0.403 e. The highest BCUT2D eigenvalue weighted by molar-refractivity contribution is 7.99. The molecule has 2 aromatic carbocycles. The Morgan fingerprint density at radius 2 is 1.62 bits per heavy atom.